The molecule has 0 atom stereocenters. The maximum Gasteiger partial charge on any atom is 0.265 e. The number of rotatable bonds is 4. The second kappa shape index (κ2) is 5.50. The summed E-state index contributed by atoms with van der Waals surface area (Å²) >= 11 is 0. The SMILES string of the molecule is CC(C)c1ccccc1NS(=O)(=O)c1cnccc1N. The van der Waals surface area contributed by atoms with Gasteiger partial charge in [-0.3, -0.25) is 9.71 Å². The summed E-state index contributed by atoms with van der Waals surface area (Å²) in [6, 6.07) is 8.76. The van der Waals surface area contributed by atoms with Crippen molar-refractivity contribution in [1.82, 2.24) is 4.98 Å². The van der Waals surface area contributed by atoms with Crippen LogP contribution in [0, 0.1) is 0 Å². The molecule has 0 aliphatic rings. The van der Waals surface area contributed by atoms with Gasteiger partial charge in [0.2, 0.25) is 0 Å². The molecule has 0 aliphatic heterocycles. The highest BCUT2D eigenvalue weighted by molar-refractivity contribution is 7.92. The first-order valence-electron chi connectivity index (χ1n) is 6.23. The van der Waals surface area contributed by atoms with Gasteiger partial charge in [-0.1, -0.05) is 32.0 Å². The lowest BCUT2D eigenvalue weighted by Crippen LogP contribution is -2.16. The normalized spacial score (nSPS) is 11.6. The molecule has 6 heteroatoms. The van der Waals surface area contributed by atoms with Gasteiger partial charge < -0.3 is 5.73 Å². The van der Waals surface area contributed by atoms with Gasteiger partial charge in [0.05, 0.1) is 11.4 Å². The van der Waals surface area contributed by atoms with Crippen LogP contribution in [0.25, 0.3) is 0 Å². The van der Waals surface area contributed by atoms with Gasteiger partial charge in [-0.15, -0.1) is 0 Å². The van der Waals surface area contributed by atoms with E-state index in [1.165, 1.54) is 18.5 Å². The third-order valence-electron chi connectivity index (χ3n) is 2.93. The van der Waals surface area contributed by atoms with Crippen molar-refractivity contribution in [3.05, 3.63) is 48.3 Å². The molecule has 0 aliphatic carbocycles. The fraction of sp³-hybridized carbons (Fsp3) is 0.214. The Morgan fingerprint density at radius 2 is 1.90 bits per heavy atom. The molecule has 0 radical (unpaired) electrons. The van der Waals surface area contributed by atoms with E-state index in [-0.39, 0.29) is 16.5 Å². The minimum atomic E-state index is -3.74. The van der Waals surface area contributed by atoms with Crippen molar-refractivity contribution >= 4 is 21.4 Å². The average molecular weight is 291 g/mol. The molecule has 0 fully saturated rings. The molecule has 0 saturated carbocycles. The summed E-state index contributed by atoms with van der Waals surface area (Å²) in [4.78, 5) is 3.80. The smallest absolute Gasteiger partial charge is 0.265 e. The molecule has 20 heavy (non-hydrogen) atoms. The number of para-hydroxylation sites is 1. The van der Waals surface area contributed by atoms with Crippen LogP contribution in [0.4, 0.5) is 11.4 Å². The Bertz CT molecular complexity index is 712. The van der Waals surface area contributed by atoms with E-state index < -0.39 is 10.0 Å². The summed E-state index contributed by atoms with van der Waals surface area (Å²) in [6.07, 6.45) is 2.70. The van der Waals surface area contributed by atoms with E-state index in [0.29, 0.717) is 5.69 Å². The van der Waals surface area contributed by atoms with Crippen molar-refractivity contribution in [3.8, 4) is 0 Å². The number of nitrogen functional groups attached to an aromatic ring is 1. The van der Waals surface area contributed by atoms with E-state index in [9.17, 15) is 8.42 Å². The minimum Gasteiger partial charge on any atom is -0.398 e. The molecule has 2 rings (SSSR count). The van der Waals surface area contributed by atoms with Gasteiger partial charge in [-0.05, 0) is 23.6 Å². The molecule has 2 aromatic rings. The van der Waals surface area contributed by atoms with Gasteiger partial charge in [0.25, 0.3) is 10.0 Å². The van der Waals surface area contributed by atoms with E-state index in [1.807, 2.05) is 26.0 Å². The fourth-order valence-electron chi connectivity index (χ4n) is 1.91. The lowest BCUT2D eigenvalue weighted by molar-refractivity contribution is 0.601. The minimum absolute atomic E-state index is 0.0152. The molecule has 1 heterocycles. The van der Waals surface area contributed by atoms with Crippen molar-refractivity contribution in [3.63, 3.8) is 0 Å². The molecule has 3 N–H and O–H groups in total. The maximum atomic E-state index is 12.4. The highest BCUT2D eigenvalue weighted by Crippen LogP contribution is 2.27. The van der Waals surface area contributed by atoms with Gasteiger partial charge >= 0.3 is 0 Å². The zero-order valence-electron chi connectivity index (χ0n) is 11.4. The molecular formula is C14H17N3O2S. The maximum absolute atomic E-state index is 12.4. The van der Waals surface area contributed by atoms with E-state index in [0.717, 1.165) is 5.56 Å². The number of nitrogens with zero attached hydrogens (tertiary/aromatic N) is 1. The molecule has 0 unspecified atom stereocenters. The number of nitrogens with two attached hydrogens (primary N) is 1. The molecule has 5 nitrogen and oxygen atoms in total. The molecular weight excluding hydrogens is 274 g/mol. The largest absolute Gasteiger partial charge is 0.398 e. The second-order valence-electron chi connectivity index (χ2n) is 4.76. The Kier molecular flexibility index (Phi) is 3.94. The summed E-state index contributed by atoms with van der Waals surface area (Å²) in [5.74, 6) is 0.208. The Morgan fingerprint density at radius 3 is 2.55 bits per heavy atom. The molecule has 0 amide bonds. The number of anilines is 2. The first kappa shape index (κ1) is 14.3. The summed E-state index contributed by atoms with van der Waals surface area (Å²) in [5, 5.41) is 0. The van der Waals surface area contributed by atoms with Crippen molar-refractivity contribution in [2.24, 2.45) is 0 Å². The average Bonchev–Trinajstić information content (AvgIpc) is 2.39. The summed E-state index contributed by atoms with van der Waals surface area (Å²) in [6.45, 7) is 4.01. The number of aromatic nitrogens is 1. The summed E-state index contributed by atoms with van der Waals surface area (Å²) in [5.41, 5.74) is 7.36. The molecule has 0 bridgehead atoms. The van der Waals surface area contributed by atoms with Crippen LogP contribution in [-0.2, 0) is 10.0 Å². The predicted octanol–water partition coefficient (Wildman–Crippen LogP) is 2.59. The van der Waals surface area contributed by atoms with E-state index in [2.05, 4.69) is 9.71 Å². The van der Waals surface area contributed by atoms with Gasteiger partial charge in [-0.25, -0.2) is 8.42 Å². The number of nitrogens with one attached hydrogen (secondary N) is 1. The molecule has 1 aromatic heterocycles. The lowest BCUT2D eigenvalue weighted by atomic mass is 10.0. The first-order valence-corrected chi connectivity index (χ1v) is 7.71. The third-order valence-corrected chi connectivity index (χ3v) is 4.34. The molecule has 1 aromatic carbocycles. The van der Waals surface area contributed by atoms with Crippen LogP contribution >= 0.6 is 0 Å². The Balaban J connectivity index is 2.42. The number of benzene rings is 1. The molecule has 106 valence electrons. The van der Waals surface area contributed by atoms with Gasteiger partial charge in [0, 0.05) is 12.4 Å². The zero-order chi connectivity index (χ0) is 14.8. The predicted molar refractivity (Wildman–Crippen MR) is 80.0 cm³/mol. The van der Waals surface area contributed by atoms with Crippen LogP contribution in [0.3, 0.4) is 0 Å². The second-order valence-corrected chi connectivity index (χ2v) is 6.41. The van der Waals surface area contributed by atoms with Crippen LogP contribution < -0.4 is 10.5 Å². The Hall–Kier alpha value is -2.08. The quantitative estimate of drug-likeness (QED) is 0.906. The van der Waals surface area contributed by atoms with Crippen LogP contribution in [0.2, 0.25) is 0 Å². The monoisotopic (exact) mass is 291 g/mol. The summed E-state index contributed by atoms with van der Waals surface area (Å²) < 4.78 is 27.3. The lowest BCUT2D eigenvalue weighted by Gasteiger charge is -2.15. The molecule has 0 saturated heterocycles. The highest BCUT2D eigenvalue weighted by atomic mass is 32.2. The number of sulfonamides is 1. The van der Waals surface area contributed by atoms with Crippen molar-refractivity contribution in [1.29, 1.82) is 0 Å². The topological polar surface area (TPSA) is 85.1 Å². The van der Waals surface area contributed by atoms with Crippen LogP contribution in [0.5, 0.6) is 0 Å². The van der Waals surface area contributed by atoms with E-state index >= 15 is 0 Å². The highest BCUT2D eigenvalue weighted by Gasteiger charge is 2.19. The Morgan fingerprint density at radius 1 is 1.20 bits per heavy atom. The van der Waals surface area contributed by atoms with Gasteiger partial charge in [0.1, 0.15) is 4.90 Å². The van der Waals surface area contributed by atoms with Gasteiger partial charge in [0.15, 0.2) is 0 Å². The van der Waals surface area contributed by atoms with Crippen LogP contribution in [0.1, 0.15) is 25.3 Å². The Labute approximate surface area is 118 Å². The van der Waals surface area contributed by atoms with Crippen LogP contribution in [-0.4, -0.2) is 13.4 Å². The zero-order valence-corrected chi connectivity index (χ0v) is 12.2. The number of hydrogen-bond acceptors (Lipinski definition) is 4. The molecule has 0 spiro atoms. The standard InChI is InChI=1S/C14H17N3O2S/c1-10(2)11-5-3-4-6-13(11)17-20(18,19)14-9-16-8-7-12(14)15/h3-10,17H,1-2H3,(H2,15,16). The summed E-state index contributed by atoms with van der Waals surface area (Å²) in [7, 11) is -3.74. The van der Waals surface area contributed by atoms with Crippen LogP contribution in [0.15, 0.2) is 47.6 Å². The number of pyridine rings is 1. The first-order chi connectivity index (χ1) is 9.42. The van der Waals surface area contributed by atoms with Crippen molar-refractivity contribution in [2.45, 2.75) is 24.7 Å². The van der Waals surface area contributed by atoms with Gasteiger partial charge in [-0.2, -0.15) is 0 Å². The fourth-order valence-corrected chi connectivity index (χ4v) is 3.07. The van der Waals surface area contributed by atoms with Crippen molar-refractivity contribution < 1.29 is 8.42 Å². The third kappa shape index (κ3) is 2.91. The van der Waals surface area contributed by atoms with E-state index in [1.54, 1.807) is 12.1 Å². The van der Waals surface area contributed by atoms with E-state index in [4.69, 9.17) is 5.73 Å². The number of hydrogen-bond donors (Lipinski definition) is 2. The van der Waals surface area contributed by atoms with Crippen molar-refractivity contribution in [2.75, 3.05) is 10.5 Å².